The normalized spacial score (nSPS) is 22.6. The number of urea groups is 1. The molecule has 1 N–H and O–H groups in total. The van der Waals surface area contributed by atoms with Crippen molar-refractivity contribution in [1.29, 1.82) is 0 Å². The second-order valence-corrected chi connectivity index (χ2v) is 6.97. The first-order valence-electron chi connectivity index (χ1n) is 7.72. The zero-order valence-corrected chi connectivity index (χ0v) is 13.9. The molecule has 0 radical (unpaired) electrons. The highest BCUT2D eigenvalue weighted by atomic mass is 16.7. The van der Waals surface area contributed by atoms with Gasteiger partial charge in [-0.1, -0.05) is 24.3 Å². The van der Waals surface area contributed by atoms with E-state index < -0.39 is 18.3 Å². The van der Waals surface area contributed by atoms with Gasteiger partial charge in [0.2, 0.25) is 5.91 Å². The van der Waals surface area contributed by atoms with E-state index in [1.165, 1.54) is 4.90 Å². The summed E-state index contributed by atoms with van der Waals surface area (Å²) < 4.78 is 12.1. The van der Waals surface area contributed by atoms with Crippen LogP contribution in [0.25, 0.3) is 0 Å². The average Bonchev–Trinajstić information content (AvgIpc) is 2.89. The van der Waals surface area contributed by atoms with E-state index in [1.54, 1.807) is 0 Å². The highest BCUT2D eigenvalue weighted by Gasteiger charge is 2.51. The van der Waals surface area contributed by atoms with Gasteiger partial charge in [0.1, 0.15) is 0 Å². The van der Waals surface area contributed by atoms with Gasteiger partial charge in [0.15, 0.2) is 0 Å². The van der Waals surface area contributed by atoms with Gasteiger partial charge < -0.3 is 14.6 Å². The molecule has 0 saturated carbocycles. The highest BCUT2D eigenvalue weighted by molar-refractivity contribution is 6.62. The summed E-state index contributed by atoms with van der Waals surface area (Å²) in [6.07, 6.45) is 0. The Morgan fingerprint density at radius 3 is 2.39 bits per heavy atom. The van der Waals surface area contributed by atoms with E-state index in [0.29, 0.717) is 0 Å². The Balaban J connectivity index is 1.79. The fourth-order valence-corrected chi connectivity index (χ4v) is 2.62. The van der Waals surface area contributed by atoms with Crippen molar-refractivity contribution in [3.8, 4) is 0 Å². The summed E-state index contributed by atoms with van der Waals surface area (Å²) in [5.74, 6) is -0.212. The summed E-state index contributed by atoms with van der Waals surface area (Å²) in [5.41, 5.74) is 0.938. The molecule has 0 bridgehead atoms. The number of hydrogen-bond donors (Lipinski definition) is 1. The van der Waals surface area contributed by atoms with E-state index in [9.17, 15) is 9.59 Å². The maximum Gasteiger partial charge on any atom is 0.494 e. The number of benzene rings is 1. The molecule has 2 fully saturated rings. The van der Waals surface area contributed by atoms with Gasteiger partial charge >= 0.3 is 13.1 Å². The van der Waals surface area contributed by atoms with Crippen molar-refractivity contribution in [3.05, 3.63) is 29.8 Å². The second-order valence-electron chi connectivity index (χ2n) is 6.97. The summed E-state index contributed by atoms with van der Waals surface area (Å²) in [6.45, 7) is 8.33. The standard InChI is InChI=1S/C16H21BN2O4/c1-15(2)16(3,4)23-17(22-15)12-7-5-6-11(8-12)10-19-13(20)9-18-14(19)21/h5-8H,9-10H2,1-4H3,(H,18,21). The van der Waals surface area contributed by atoms with Crippen LogP contribution < -0.4 is 10.8 Å². The van der Waals surface area contributed by atoms with Crippen molar-refractivity contribution >= 4 is 24.5 Å². The number of amides is 3. The first-order chi connectivity index (χ1) is 10.7. The van der Waals surface area contributed by atoms with Crippen LogP contribution in [0.3, 0.4) is 0 Å². The van der Waals surface area contributed by atoms with Crippen molar-refractivity contribution in [2.75, 3.05) is 6.54 Å². The highest BCUT2D eigenvalue weighted by Crippen LogP contribution is 2.36. The van der Waals surface area contributed by atoms with Gasteiger partial charge in [-0.3, -0.25) is 9.69 Å². The maximum absolute atomic E-state index is 11.7. The number of rotatable bonds is 3. The minimum Gasteiger partial charge on any atom is -0.399 e. The van der Waals surface area contributed by atoms with Crippen LogP contribution in [0.4, 0.5) is 4.79 Å². The molecule has 1 aromatic rings. The molecule has 0 aliphatic carbocycles. The van der Waals surface area contributed by atoms with Crippen molar-refractivity contribution < 1.29 is 18.9 Å². The first-order valence-corrected chi connectivity index (χ1v) is 7.72. The van der Waals surface area contributed by atoms with Crippen LogP contribution in [-0.2, 0) is 20.6 Å². The zero-order valence-electron chi connectivity index (χ0n) is 13.9. The average molecular weight is 316 g/mol. The maximum atomic E-state index is 11.7. The van der Waals surface area contributed by atoms with Gasteiger partial charge in [-0.25, -0.2) is 4.79 Å². The molecule has 3 amide bonds. The van der Waals surface area contributed by atoms with Crippen LogP contribution >= 0.6 is 0 Å². The summed E-state index contributed by atoms with van der Waals surface area (Å²) >= 11 is 0. The molecular weight excluding hydrogens is 295 g/mol. The van der Waals surface area contributed by atoms with Gasteiger partial charge in [-0.2, -0.15) is 0 Å². The second kappa shape index (κ2) is 5.35. The predicted molar refractivity (Wildman–Crippen MR) is 86.1 cm³/mol. The van der Waals surface area contributed by atoms with Gasteiger partial charge in [0.05, 0.1) is 24.3 Å². The third kappa shape index (κ3) is 2.86. The number of carbonyl (C=O) groups is 2. The topological polar surface area (TPSA) is 67.9 Å². The molecule has 7 heteroatoms. The van der Waals surface area contributed by atoms with Gasteiger partial charge in [0.25, 0.3) is 0 Å². The monoisotopic (exact) mass is 316 g/mol. The van der Waals surface area contributed by atoms with Crippen LogP contribution in [0.15, 0.2) is 24.3 Å². The molecule has 122 valence electrons. The van der Waals surface area contributed by atoms with Crippen LogP contribution in [0.5, 0.6) is 0 Å². The Morgan fingerprint density at radius 2 is 1.83 bits per heavy atom. The van der Waals surface area contributed by atoms with Gasteiger partial charge in [0, 0.05) is 0 Å². The van der Waals surface area contributed by atoms with Crippen molar-refractivity contribution in [3.63, 3.8) is 0 Å². The Morgan fingerprint density at radius 1 is 1.17 bits per heavy atom. The third-order valence-corrected chi connectivity index (χ3v) is 4.75. The fraction of sp³-hybridized carbons (Fsp3) is 0.500. The molecule has 6 nitrogen and oxygen atoms in total. The molecule has 2 saturated heterocycles. The number of imide groups is 1. The Hall–Kier alpha value is -1.86. The summed E-state index contributed by atoms with van der Waals surface area (Å²) in [4.78, 5) is 24.6. The van der Waals surface area contributed by atoms with Crippen LogP contribution in [0.1, 0.15) is 33.3 Å². The predicted octanol–water partition coefficient (Wildman–Crippen LogP) is 1.04. The molecular formula is C16H21BN2O4. The quantitative estimate of drug-likeness (QED) is 0.668. The van der Waals surface area contributed by atoms with Crippen molar-refractivity contribution in [2.24, 2.45) is 0 Å². The first kappa shape index (κ1) is 16.0. The molecule has 0 spiro atoms. The fourth-order valence-electron chi connectivity index (χ4n) is 2.62. The Kier molecular flexibility index (Phi) is 3.73. The van der Waals surface area contributed by atoms with Crippen LogP contribution in [0, 0.1) is 0 Å². The molecule has 0 atom stereocenters. The SMILES string of the molecule is CC1(C)OB(c2cccc(CN3C(=O)CNC3=O)c2)OC1(C)C. The molecule has 23 heavy (non-hydrogen) atoms. The third-order valence-electron chi connectivity index (χ3n) is 4.75. The van der Waals surface area contributed by atoms with E-state index in [-0.39, 0.29) is 25.0 Å². The lowest BCUT2D eigenvalue weighted by molar-refractivity contribution is -0.125. The smallest absolute Gasteiger partial charge is 0.399 e. The van der Waals surface area contributed by atoms with Crippen LogP contribution in [0.2, 0.25) is 0 Å². The zero-order chi connectivity index (χ0) is 16.8. The molecule has 1 aromatic carbocycles. The van der Waals surface area contributed by atoms with E-state index in [2.05, 4.69) is 5.32 Å². The molecule has 2 aliphatic rings. The van der Waals surface area contributed by atoms with E-state index in [0.717, 1.165) is 11.0 Å². The minimum atomic E-state index is -0.456. The van der Waals surface area contributed by atoms with Gasteiger partial charge in [-0.05, 0) is 38.7 Å². The number of nitrogens with one attached hydrogen (secondary N) is 1. The number of carbonyl (C=O) groups excluding carboxylic acids is 2. The molecule has 3 rings (SSSR count). The van der Waals surface area contributed by atoms with Crippen LogP contribution in [-0.4, -0.2) is 41.7 Å². The van der Waals surface area contributed by atoms with Gasteiger partial charge in [-0.15, -0.1) is 0 Å². The van der Waals surface area contributed by atoms with Crippen molar-refractivity contribution in [2.45, 2.75) is 45.4 Å². The van der Waals surface area contributed by atoms with Crippen molar-refractivity contribution in [1.82, 2.24) is 10.2 Å². The lowest BCUT2D eigenvalue weighted by Crippen LogP contribution is -2.41. The van der Waals surface area contributed by atoms with E-state index in [1.807, 2.05) is 52.0 Å². The largest absolute Gasteiger partial charge is 0.494 e. The number of nitrogens with zero attached hydrogens (tertiary/aromatic N) is 1. The number of hydrogen-bond acceptors (Lipinski definition) is 4. The Bertz CT molecular complexity index is 627. The molecule has 2 aliphatic heterocycles. The lowest BCUT2D eigenvalue weighted by atomic mass is 9.78. The summed E-state index contributed by atoms with van der Waals surface area (Å²) in [7, 11) is -0.456. The molecule has 2 heterocycles. The minimum absolute atomic E-state index is 0.0652. The lowest BCUT2D eigenvalue weighted by Gasteiger charge is -2.32. The summed E-state index contributed by atoms with van der Waals surface area (Å²) in [5, 5.41) is 2.52. The van der Waals surface area contributed by atoms with E-state index >= 15 is 0 Å². The Labute approximate surface area is 136 Å². The van der Waals surface area contributed by atoms with E-state index in [4.69, 9.17) is 9.31 Å². The summed E-state index contributed by atoms with van der Waals surface area (Å²) in [6, 6.07) is 7.26. The molecule has 0 aromatic heterocycles. The molecule has 0 unspecified atom stereocenters.